The topological polar surface area (TPSA) is 65.8 Å². The van der Waals surface area contributed by atoms with Crippen LogP contribution in [0.1, 0.15) is 40.1 Å². The number of hydrogen-bond acceptors (Lipinski definition) is 5. The summed E-state index contributed by atoms with van der Waals surface area (Å²) in [5.74, 6) is -1.32. The Labute approximate surface area is 211 Å². The summed E-state index contributed by atoms with van der Waals surface area (Å²) in [7, 11) is 0. The van der Waals surface area contributed by atoms with Crippen molar-refractivity contribution in [3.8, 4) is 5.75 Å². The summed E-state index contributed by atoms with van der Waals surface area (Å²) in [6, 6.07) is 11.6. The molecular weight excluding hydrogens is 547 g/mol. The molecule has 0 fully saturated rings. The number of aromatic nitrogens is 1. The number of alkyl halides is 3. The number of carbonyl (C=O) groups excluding carboxylic acids is 1. The summed E-state index contributed by atoms with van der Waals surface area (Å²) in [5.41, 5.74) is 1.32. The fourth-order valence-corrected chi connectivity index (χ4v) is 6.35. The summed E-state index contributed by atoms with van der Waals surface area (Å²) < 4.78 is 43.5. The van der Waals surface area contributed by atoms with Crippen molar-refractivity contribution in [3.63, 3.8) is 0 Å². The molecule has 11 heteroatoms. The molecule has 2 atom stereocenters. The standard InChI is InChI=1S/C24H19BrF3N3O3S/c1-13(24(26,27)28)29-12-31(30-10-9-18(32)22(33)21(30)23(29)34)20-14-6-4-7-17(25)16(14)11-35-19-8-3-2-5-15(19)20/h2-10,13,20,33H,11-12H2,1H3/t13?,20-/m0/s1. The lowest BCUT2D eigenvalue weighted by atomic mass is 9.94. The predicted octanol–water partition coefficient (Wildman–Crippen LogP) is 5.01. The first-order chi connectivity index (χ1) is 16.6. The van der Waals surface area contributed by atoms with E-state index in [9.17, 15) is 27.9 Å². The maximum Gasteiger partial charge on any atom is 0.408 e. The maximum atomic E-state index is 13.8. The second kappa shape index (κ2) is 8.63. The Morgan fingerprint density at radius 1 is 1.09 bits per heavy atom. The van der Waals surface area contributed by atoms with E-state index in [2.05, 4.69) is 15.9 Å². The minimum atomic E-state index is -4.70. The van der Waals surface area contributed by atoms with Gasteiger partial charge in [-0.15, -0.1) is 11.8 Å². The number of rotatable bonds is 2. The van der Waals surface area contributed by atoms with Crippen LogP contribution in [0.15, 0.2) is 68.9 Å². The van der Waals surface area contributed by atoms with Crippen molar-refractivity contribution in [2.24, 2.45) is 0 Å². The molecule has 2 aliphatic rings. The van der Waals surface area contributed by atoms with E-state index in [1.807, 2.05) is 42.5 Å². The third-order valence-corrected chi connectivity index (χ3v) is 8.22. The van der Waals surface area contributed by atoms with Crippen molar-refractivity contribution in [2.45, 2.75) is 35.8 Å². The summed E-state index contributed by atoms with van der Waals surface area (Å²) in [6.07, 6.45) is -3.38. The second-order valence-corrected chi connectivity index (χ2v) is 10.2. The minimum absolute atomic E-state index is 0.412. The average Bonchev–Trinajstić information content (AvgIpc) is 2.98. The van der Waals surface area contributed by atoms with Crippen LogP contribution < -0.4 is 10.4 Å². The lowest BCUT2D eigenvalue weighted by Gasteiger charge is -2.46. The van der Waals surface area contributed by atoms with Gasteiger partial charge in [-0.1, -0.05) is 46.3 Å². The zero-order valence-corrected chi connectivity index (χ0v) is 20.7. The maximum absolute atomic E-state index is 13.8. The number of hydrogen-bond donors (Lipinski definition) is 1. The molecule has 3 aromatic rings. The first-order valence-electron chi connectivity index (χ1n) is 10.7. The monoisotopic (exact) mass is 565 g/mol. The van der Waals surface area contributed by atoms with E-state index in [1.165, 1.54) is 10.9 Å². The van der Waals surface area contributed by atoms with Gasteiger partial charge in [0.1, 0.15) is 12.7 Å². The molecule has 35 heavy (non-hydrogen) atoms. The molecule has 0 bridgehead atoms. The molecule has 0 radical (unpaired) electrons. The molecule has 5 rings (SSSR count). The molecule has 182 valence electrons. The third-order valence-electron chi connectivity index (χ3n) is 6.37. The van der Waals surface area contributed by atoms with Crippen molar-refractivity contribution in [1.82, 2.24) is 9.58 Å². The zero-order chi connectivity index (χ0) is 25.1. The van der Waals surface area contributed by atoms with Crippen LogP contribution >= 0.6 is 27.7 Å². The van der Waals surface area contributed by atoms with Crippen molar-refractivity contribution in [3.05, 3.63) is 91.8 Å². The van der Waals surface area contributed by atoms with Gasteiger partial charge in [0.15, 0.2) is 11.4 Å². The second-order valence-electron chi connectivity index (χ2n) is 8.33. The Morgan fingerprint density at radius 2 is 1.80 bits per heavy atom. The molecular formula is C24H19BrF3N3O3S. The van der Waals surface area contributed by atoms with E-state index in [1.54, 1.807) is 16.8 Å². The molecule has 1 aromatic heterocycles. The molecule has 0 saturated heterocycles. The van der Waals surface area contributed by atoms with Gasteiger partial charge in [-0.2, -0.15) is 13.2 Å². The highest BCUT2D eigenvalue weighted by Crippen LogP contribution is 2.45. The van der Waals surface area contributed by atoms with Gasteiger partial charge in [0.25, 0.3) is 5.91 Å². The van der Waals surface area contributed by atoms with Crippen LogP contribution in [0.2, 0.25) is 0 Å². The van der Waals surface area contributed by atoms with Gasteiger partial charge in [0, 0.05) is 27.4 Å². The number of benzene rings is 2. The third kappa shape index (κ3) is 3.90. The van der Waals surface area contributed by atoms with Crippen LogP contribution in [0.4, 0.5) is 13.2 Å². The predicted molar refractivity (Wildman–Crippen MR) is 129 cm³/mol. The molecule has 6 nitrogen and oxygen atoms in total. The van der Waals surface area contributed by atoms with E-state index in [4.69, 9.17) is 0 Å². The molecule has 2 aliphatic heterocycles. The molecule has 2 aromatic carbocycles. The highest BCUT2D eigenvalue weighted by molar-refractivity contribution is 9.10. The normalized spacial score (nSPS) is 18.4. The fraction of sp³-hybridized carbons (Fsp3) is 0.250. The number of aromatic hydroxyl groups is 1. The SMILES string of the molecule is CC(N1CN([C@@H]2c3ccccc3SCc3c(Br)cccc32)n2ccc(=O)c(O)c2C1=O)C(F)(F)F. The molecule has 1 N–H and O–H groups in total. The Balaban J connectivity index is 1.79. The number of halogens is 4. The van der Waals surface area contributed by atoms with Crippen LogP contribution in [0.25, 0.3) is 0 Å². The fourth-order valence-electron chi connectivity index (χ4n) is 4.50. The number of carbonyl (C=O) groups is 1. The van der Waals surface area contributed by atoms with Crippen molar-refractivity contribution in [1.29, 1.82) is 0 Å². The van der Waals surface area contributed by atoms with Crippen LogP contribution in [-0.4, -0.2) is 39.5 Å². The van der Waals surface area contributed by atoms with E-state index in [0.29, 0.717) is 10.7 Å². The van der Waals surface area contributed by atoms with E-state index < -0.39 is 47.7 Å². The van der Waals surface area contributed by atoms with Gasteiger partial charge in [0.2, 0.25) is 5.43 Å². The van der Waals surface area contributed by atoms with Crippen LogP contribution in [0, 0.1) is 0 Å². The van der Waals surface area contributed by atoms with Crippen molar-refractivity contribution >= 4 is 33.6 Å². The lowest BCUT2D eigenvalue weighted by Crippen LogP contribution is -2.60. The molecule has 0 saturated carbocycles. The highest BCUT2D eigenvalue weighted by atomic mass is 79.9. The lowest BCUT2D eigenvalue weighted by molar-refractivity contribution is -0.173. The number of fused-ring (bicyclic) bond motifs is 3. The summed E-state index contributed by atoms with van der Waals surface area (Å²) >= 11 is 5.21. The smallest absolute Gasteiger partial charge is 0.408 e. The van der Waals surface area contributed by atoms with E-state index in [0.717, 1.165) is 39.0 Å². The van der Waals surface area contributed by atoms with Gasteiger partial charge in [-0.3, -0.25) is 19.3 Å². The molecule has 1 unspecified atom stereocenters. The van der Waals surface area contributed by atoms with Crippen molar-refractivity contribution < 1.29 is 23.1 Å². The Bertz CT molecular complexity index is 1390. The minimum Gasteiger partial charge on any atom is -0.502 e. The number of nitrogens with zero attached hydrogens (tertiary/aromatic N) is 3. The van der Waals surface area contributed by atoms with Gasteiger partial charge >= 0.3 is 6.18 Å². The van der Waals surface area contributed by atoms with Gasteiger partial charge < -0.3 is 10.0 Å². The first-order valence-corrected chi connectivity index (χ1v) is 12.5. The van der Waals surface area contributed by atoms with Gasteiger partial charge in [-0.25, -0.2) is 0 Å². The molecule has 0 spiro atoms. The average molecular weight is 566 g/mol. The highest BCUT2D eigenvalue weighted by Gasteiger charge is 2.47. The van der Waals surface area contributed by atoms with Crippen LogP contribution in [-0.2, 0) is 5.75 Å². The quantitative estimate of drug-likeness (QED) is 0.473. The largest absolute Gasteiger partial charge is 0.502 e. The Morgan fingerprint density at radius 3 is 2.54 bits per heavy atom. The van der Waals surface area contributed by atoms with Gasteiger partial charge in [0.05, 0.1) is 6.04 Å². The van der Waals surface area contributed by atoms with Crippen LogP contribution in [0.3, 0.4) is 0 Å². The number of amides is 1. The van der Waals surface area contributed by atoms with E-state index in [-0.39, 0.29) is 0 Å². The number of thioether (sulfide) groups is 1. The van der Waals surface area contributed by atoms with E-state index >= 15 is 0 Å². The summed E-state index contributed by atoms with van der Waals surface area (Å²) in [6.45, 7) is 0.482. The summed E-state index contributed by atoms with van der Waals surface area (Å²) in [4.78, 5) is 27.0. The molecule has 1 amide bonds. The Hall–Kier alpha value is -2.92. The Kier molecular flexibility index (Phi) is 5.87. The van der Waals surface area contributed by atoms with Crippen LogP contribution in [0.5, 0.6) is 5.75 Å². The molecule has 0 aliphatic carbocycles. The first kappa shape index (κ1) is 23.8. The molecule has 3 heterocycles. The number of pyridine rings is 1. The summed E-state index contributed by atoms with van der Waals surface area (Å²) in [5, 5.41) is 12.1. The zero-order valence-electron chi connectivity index (χ0n) is 18.3. The van der Waals surface area contributed by atoms with Gasteiger partial charge in [-0.05, 0) is 35.7 Å². The van der Waals surface area contributed by atoms with Crippen molar-refractivity contribution in [2.75, 3.05) is 11.7 Å².